The van der Waals surface area contributed by atoms with Gasteiger partial charge in [0.25, 0.3) is 0 Å². The first-order valence-electron chi connectivity index (χ1n) is 11.1. The van der Waals surface area contributed by atoms with Crippen molar-refractivity contribution in [3.63, 3.8) is 0 Å². The summed E-state index contributed by atoms with van der Waals surface area (Å²) in [5.74, 6) is 0.221. The van der Waals surface area contributed by atoms with Gasteiger partial charge in [0.05, 0.1) is 5.92 Å². The fourth-order valence-electron chi connectivity index (χ4n) is 4.84. The highest BCUT2D eigenvalue weighted by molar-refractivity contribution is 5.84. The Balaban J connectivity index is 1.55. The summed E-state index contributed by atoms with van der Waals surface area (Å²) in [6, 6.07) is 16.8. The fraction of sp³-hybridized carbons (Fsp3) is 0.385. The summed E-state index contributed by atoms with van der Waals surface area (Å²) in [6.07, 6.45) is 2.21. The van der Waals surface area contributed by atoms with E-state index < -0.39 is 0 Å². The molecule has 2 atom stereocenters. The molecule has 0 saturated carbocycles. The van der Waals surface area contributed by atoms with E-state index in [0.717, 1.165) is 25.2 Å². The normalized spacial score (nSPS) is 18.8. The van der Waals surface area contributed by atoms with Gasteiger partial charge in [0.15, 0.2) is 0 Å². The molecule has 0 spiro atoms. The molecule has 168 valence electrons. The van der Waals surface area contributed by atoms with Gasteiger partial charge in [-0.2, -0.15) is 0 Å². The van der Waals surface area contributed by atoms with Crippen molar-refractivity contribution in [1.82, 2.24) is 19.7 Å². The van der Waals surface area contributed by atoms with Gasteiger partial charge in [0.2, 0.25) is 11.8 Å². The zero-order valence-electron chi connectivity index (χ0n) is 19.3. The number of para-hydroxylation sites is 1. The predicted molar refractivity (Wildman–Crippen MR) is 127 cm³/mol. The van der Waals surface area contributed by atoms with Crippen molar-refractivity contribution < 1.29 is 9.59 Å². The summed E-state index contributed by atoms with van der Waals surface area (Å²) in [7, 11) is 5.76. The Labute approximate surface area is 189 Å². The number of nitrogens with one attached hydrogen (secondary N) is 1. The maximum absolute atomic E-state index is 13.0. The van der Waals surface area contributed by atoms with Crippen LogP contribution in [0.4, 0.5) is 0 Å². The van der Waals surface area contributed by atoms with Gasteiger partial charge in [-0.25, -0.2) is 0 Å². The Hall–Kier alpha value is -3.12. The van der Waals surface area contributed by atoms with Crippen LogP contribution in [0.25, 0.3) is 10.9 Å². The van der Waals surface area contributed by atoms with Gasteiger partial charge in [0, 0.05) is 77.3 Å². The molecule has 1 fully saturated rings. The summed E-state index contributed by atoms with van der Waals surface area (Å²) in [5.41, 5.74) is 4.77. The van der Waals surface area contributed by atoms with Crippen LogP contribution in [0.2, 0.25) is 0 Å². The summed E-state index contributed by atoms with van der Waals surface area (Å²) in [5, 5.41) is 4.11. The topological polar surface area (TPSA) is 57.6 Å². The number of hydrogen-bond acceptors (Lipinski definition) is 3. The molecule has 4 rings (SSSR count). The Morgan fingerprint density at radius 1 is 1.06 bits per heavy atom. The van der Waals surface area contributed by atoms with Crippen LogP contribution in [0.3, 0.4) is 0 Å². The lowest BCUT2D eigenvalue weighted by Crippen LogP contribution is -2.33. The molecule has 0 radical (unpaired) electrons. The number of aromatic nitrogens is 1. The lowest BCUT2D eigenvalue weighted by Gasteiger charge is -2.22. The number of amides is 2. The summed E-state index contributed by atoms with van der Waals surface area (Å²) in [4.78, 5) is 28.3. The number of likely N-dealkylation sites (tertiary alicyclic amines) is 1. The van der Waals surface area contributed by atoms with Gasteiger partial charge in [-0.3, -0.25) is 14.5 Å². The maximum atomic E-state index is 13.0. The molecular weight excluding hydrogens is 400 g/mol. The lowest BCUT2D eigenvalue weighted by molar-refractivity contribution is -0.133. The van der Waals surface area contributed by atoms with Crippen molar-refractivity contribution in [1.29, 1.82) is 0 Å². The Morgan fingerprint density at radius 3 is 2.47 bits per heavy atom. The molecule has 1 N–H and O–H groups in total. The highest BCUT2D eigenvalue weighted by atomic mass is 16.2. The van der Waals surface area contributed by atoms with E-state index in [0.29, 0.717) is 6.54 Å². The van der Waals surface area contributed by atoms with Gasteiger partial charge >= 0.3 is 0 Å². The quantitative estimate of drug-likeness (QED) is 0.651. The van der Waals surface area contributed by atoms with E-state index in [9.17, 15) is 9.59 Å². The highest BCUT2D eigenvalue weighted by Gasteiger charge is 2.39. The zero-order valence-corrected chi connectivity index (χ0v) is 19.3. The van der Waals surface area contributed by atoms with Crippen LogP contribution in [0.15, 0.2) is 54.7 Å². The van der Waals surface area contributed by atoms with Crippen molar-refractivity contribution in [3.05, 3.63) is 71.4 Å². The molecule has 2 aromatic carbocycles. The fourth-order valence-corrected chi connectivity index (χ4v) is 4.84. The SMILES string of the molecule is CC(=O)NCc1ccc([C@H]2CN(Cc3cn(C)c4ccccc34)C[C@@H]2C(=O)N(C)C)cc1. The molecule has 0 aliphatic carbocycles. The number of carbonyl (C=O) groups is 2. The highest BCUT2D eigenvalue weighted by Crippen LogP contribution is 2.35. The molecule has 1 aromatic heterocycles. The molecular formula is C26H32N4O2. The van der Waals surface area contributed by atoms with Crippen LogP contribution >= 0.6 is 0 Å². The first-order chi connectivity index (χ1) is 15.3. The van der Waals surface area contributed by atoms with E-state index in [4.69, 9.17) is 0 Å². The molecule has 32 heavy (non-hydrogen) atoms. The second-order valence-electron chi connectivity index (χ2n) is 9.07. The second-order valence-corrected chi connectivity index (χ2v) is 9.07. The van der Waals surface area contributed by atoms with E-state index >= 15 is 0 Å². The Bertz CT molecular complexity index is 1120. The van der Waals surface area contributed by atoms with Crippen molar-refractivity contribution in [2.24, 2.45) is 13.0 Å². The Morgan fingerprint density at radius 2 is 1.78 bits per heavy atom. The van der Waals surface area contributed by atoms with Crippen LogP contribution in [0.1, 0.15) is 29.5 Å². The third-order valence-electron chi connectivity index (χ3n) is 6.48. The first-order valence-corrected chi connectivity index (χ1v) is 11.1. The average Bonchev–Trinajstić information content (AvgIpc) is 3.34. The number of nitrogens with zero attached hydrogens (tertiary/aromatic N) is 3. The number of fused-ring (bicyclic) bond motifs is 1. The second kappa shape index (κ2) is 9.17. The third-order valence-corrected chi connectivity index (χ3v) is 6.48. The number of rotatable bonds is 6. The smallest absolute Gasteiger partial charge is 0.227 e. The van der Waals surface area contributed by atoms with Crippen molar-refractivity contribution >= 4 is 22.7 Å². The number of benzene rings is 2. The first kappa shape index (κ1) is 22.1. The number of hydrogen-bond donors (Lipinski definition) is 1. The van der Waals surface area contributed by atoms with Crippen molar-refractivity contribution in [3.8, 4) is 0 Å². The van der Waals surface area contributed by atoms with Crippen LogP contribution in [-0.2, 0) is 29.7 Å². The van der Waals surface area contributed by atoms with Crippen LogP contribution in [-0.4, -0.2) is 53.4 Å². The van der Waals surface area contributed by atoms with Gasteiger partial charge in [-0.05, 0) is 22.8 Å². The minimum atomic E-state index is -0.0684. The monoisotopic (exact) mass is 432 g/mol. The van der Waals surface area contributed by atoms with Gasteiger partial charge < -0.3 is 14.8 Å². The van der Waals surface area contributed by atoms with Crippen LogP contribution in [0, 0.1) is 5.92 Å². The molecule has 1 aliphatic rings. The number of aryl methyl sites for hydroxylation is 1. The number of carbonyl (C=O) groups excluding carboxylic acids is 2. The minimum absolute atomic E-state index is 0.0365. The standard InChI is InChI=1S/C26H32N4O2/c1-18(31)27-13-19-9-11-20(12-10-19)23-16-30(17-24(23)26(32)28(2)3)15-21-14-29(4)25-8-6-5-7-22(21)25/h5-12,14,23-24H,13,15-17H2,1-4H3,(H,27,31)/t23-,24+/m1/s1. The van der Waals surface area contributed by atoms with E-state index in [1.165, 1.54) is 29.0 Å². The lowest BCUT2D eigenvalue weighted by atomic mass is 9.87. The molecule has 0 unspecified atom stereocenters. The van der Waals surface area contributed by atoms with E-state index in [-0.39, 0.29) is 23.7 Å². The van der Waals surface area contributed by atoms with E-state index in [2.05, 4.69) is 76.6 Å². The molecule has 6 nitrogen and oxygen atoms in total. The van der Waals surface area contributed by atoms with Gasteiger partial charge in [-0.15, -0.1) is 0 Å². The van der Waals surface area contributed by atoms with E-state index in [1.54, 1.807) is 4.90 Å². The molecule has 3 aromatic rings. The molecule has 6 heteroatoms. The van der Waals surface area contributed by atoms with Crippen LogP contribution < -0.4 is 5.32 Å². The summed E-state index contributed by atoms with van der Waals surface area (Å²) < 4.78 is 2.18. The average molecular weight is 433 g/mol. The van der Waals surface area contributed by atoms with E-state index in [1.807, 2.05) is 14.1 Å². The molecule has 0 bridgehead atoms. The van der Waals surface area contributed by atoms with Gasteiger partial charge in [0.1, 0.15) is 0 Å². The third kappa shape index (κ3) is 4.55. The van der Waals surface area contributed by atoms with Crippen molar-refractivity contribution in [2.45, 2.75) is 25.9 Å². The molecule has 1 aliphatic heterocycles. The summed E-state index contributed by atoms with van der Waals surface area (Å²) >= 11 is 0. The molecule has 2 amide bonds. The van der Waals surface area contributed by atoms with Gasteiger partial charge in [-0.1, -0.05) is 42.5 Å². The zero-order chi connectivity index (χ0) is 22.8. The maximum Gasteiger partial charge on any atom is 0.227 e. The summed E-state index contributed by atoms with van der Waals surface area (Å²) in [6.45, 7) is 4.47. The minimum Gasteiger partial charge on any atom is -0.352 e. The Kier molecular flexibility index (Phi) is 6.33. The van der Waals surface area contributed by atoms with Crippen LogP contribution in [0.5, 0.6) is 0 Å². The molecule has 2 heterocycles. The molecule has 1 saturated heterocycles. The largest absolute Gasteiger partial charge is 0.352 e. The predicted octanol–water partition coefficient (Wildman–Crippen LogP) is 3.12. The van der Waals surface area contributed by atoms with Crippen molar-refractivity contribution in [2.75, 3.05) is 27.2 Å².